The summed E-state index contributed by atoms with van der Waals surface area (Å²) in [5.74, 6) is 0.0127. The minimum absolute atomic E-state index is 0.0127. The number of piperidine rings is 1. The molecule has 0 saturated carbocycles. The second-order valence-corrected chi connectivity index (χ2v) is 7.05. The SMILES string of the molecule is C=CC(=O)N1CCCC(N(C)c2cnc3[nH]cc(-c4ccccc4)c3c2)C1. The van der Waals surface area contributed by atoms with Crippen molar-refractivity contribution in [3.8, 4) is 11.1 Å². The van der Waals surface area contributed by atoms with Crippen molar-refractivity contribution in [3.05, 3.63) is 61.4 Å². The summed E-state index contributed by atoms with van der Waals surface area (Å²) in [4.78, 5) is 24.0. The van der Waals surface area contributed by atoms with Crippen molar-refractivity contribution in [2.45, 2.75) is 18.9 Å². The van der Waals surface area contributed by atoms with E-state index in [1.54, 1.807) is 0 Å². The molecule has 1 atom stereocenters. The third kappa shape index (κ3) is 3.33. The van der Waals surface area contributed by atoms with Crippen LogP contribution >= 0.6 is 0 Å². The monoisotopic (exact) mass is 360 g/mol. The third-order valence-electron chi connectivity index (χ3n) is 5.44. The van der Waals surface area contributed by atoms with Crippen LogP contribution in [0.25, 0.3) is 22.2 Å². The van der Waals surface area contributed by atoms with Crippen LogP contribution in [0.3, 0.4) is 0 Å². The molecule has 0 spiro atoms. The molecule has 0 bridgehead atoms. The van der Waals surface area contributed by atoms with Crippen molar-refractivity contribution in [1.82, 2.24) is 14.9 Å². The van der Waals surface area contributed by atoms with Crippen LogP contribution < -0.4 is 4.90 Å². The van der Waals surface area contributed by atoms with Gasteiger partial charge < -0.3 is 14.8 Å². The minimum Gasteiger partial charge on any atom is -0.369 e. The number of aromatic nitrogens is 2. The third-order valence-corrected chi connectivity index (χ3v) is 5.44. The van der Waals surface area contributed by atoms with Gasteiger partial charge in [-0.1, -0.05) is 36.9 Å². The lowest BCUT2D eigenvalue weighted by Crippen LogP contribution is -2.48. The number of anilines is 1. The molecule has 5 heteroatoms. The Morgan fingerprint density at radius 3 is 2.96 bits per heavy atom. The highest BCUT2D eigenvalue weighted by Gasteiger charge is 2.25. The topological polar surface area (TPSA) is 52.2 Å². The molecule has 138 valence electrons. The summed E-state index contributed by atoms with van der Waals surface area (Å²) < 4.78 is 0. The number of nitrogens with zero attached hydrogens (tertiary/aromatic N) is 3. The summed E-state index contributed by atoms with van der Waals surface area (Å²) in [5, 5.41) is 1.11. The first-order valence-corrected chi connectivity index (χ1v) is 9.34. The molecule has 0 aliphatic carbocycles. The van der Waals surface area contributed by atoms with Crippen molar-refractivity contribution in [1.29, 1.82) is 0 Å². The van der Waals surface area contributed by atoms with E-state index in [0.29, 0.717) is 0 Å². The van der Waals surface area contributed by atoms with E-state index in [9.17, 15) is 4.79 Å². The van der Waals surface area contributed by atoms with Gasteiger partial charge in [0.1, 0.15) is 5.65 Å². The highest BCUT2D eigenvalue weighted by molar-refractivity contribution is 5.95. The number of carbonyl (C=O) groups is 1. The molecule has 3 aromatic rings. The quantitative estimate of drug-likeness (QED) is 0.719. The van der Waals surface area contributed by atoms with Gasteiger partial charge in [-0.3, -0.25) is 4.79 Å². The van der Waals surface area contributed by atoms with E-state index in [-0.39, 0.29) is 11.9 Å². The van der Waals surface area contributed by atoms with Crippen LogP contribution in [0, 0.1) is 0 Å². The Morgan fingerprint density at radius 2 is 2.19 bits per heavy atom. The number of pyridine rings is 1. The summed E-state index contributed by atoms with van der Waals surface area (Å²) in [7, 11) is 2.09. The standard InChI is InChI=1S/C22H24N4O/c1-3-21(27)26-11-7-10-17(15-26)25(2)18-12-19-20(14-24-22(19)23-13-18)16-8-5-4-6-9-16/h3-6,8-9,12-14,17H,1,7,10-11,15H2,2H3,(H,23,24). The smallest absolute Gasteiger partial charge is 0.246 e. The Bertz CT molecular complexity index is 963. The van der Waals surface area contributed by atoms with Gasteiger partial charge in [-0.25, -0.2) is 4.98 Å². The first-order valence-electron chi connectivity index (χ1n) is 9.34. The van der Waals surface area contributed by atoms with Gasteiger partial charge >= 0.3 is 0 Å². The van der Waals surface area contributed by atoms with E-state index < -0.39 is 0 Å². The van der Waals surface area contributed by atoms with Crippen LogP contribution in [0.15, 0.2) is 61.4 Å². The Morgan fingerprint density at radius 1 is 1.37 bits per heavy atom. The molecule has 3 heterocycles. The molecule has 1 saturated heterocycles. The highest BCUT2D eigenvalue weighted by Crippen LogP contribution is 2.31. The molecule has 2 aromatic heterocycles. The highest BCUT2D eigenvalue weighted by atomic mass is 16.2. The summed E-state index contributed by atoms with van der Waals surface area (Å²) >= 11 is 0. The largest absolute Gasteiger partial charge is 0.369 e. The molecular formula is C22H24N4O. The number of H-pyrrole nitrogens is 1. The van der Waals surface area contributed by atoms with Crippen molar-refractivity contribution < 1.29 is 4.79 Å². The van der Waals surface area contributed by atoms with Gasteiger partial charge in [0.15, 0.2) is 0 Å². The number of likely N-dealkylation sites (N-methyl/N-ethyl adjacent to an activating group) is 1. The van der Waals surface area contributed by atoms with E-state index >= 15 is 0 Å². The molecular weight excluding hydrogens is 336 g/mol. The molecule has 1 N–H and O–H groups in total. The molecule has 1 aromatic carbocycles. The fraction of sp³-hybridized carbons (Fsp3) is 0.273. The number of nitrogens with one attached hydrogen (secondary N) is 1. The lowest BCUT2D eigenvalue weighted by Gasteiger charge is -2.38. The zero-order valence-corrected chi connectivity index (χ0v) is 15.6. The summed E-state index contributed by atoms with van der Waals surface area (Å²) in [5.41, 5.74) is 4.28. The van der Waals surface area contributed by atoms with Crippen molar-refractivity contribution in [2.75, 3.05) is 25.0 Å². The van der Waals surface area contributed by atoms with Crippen molar-refractivity contribution >= 4 is 22.6 Å². The van der Waals surface area contributed by atoms with Crippen LogP contribution in [-0.4, -0.2) is 47.0 Å². The fourth-order valence-corrected chi connectivity index (χ4v) is 3.85. The van der Waals surface area contributed by atoms with Gasteiger partial charge in [-0.05, 0) is 30.5 Å². The molecule has 1 amide bonds. The van der Waals surface area contributed by atoms with Gasteiger partial charge in [-0.2, -0.15) is 0 Å². The van der Waals surface area contributed by atoms with E-state index in [1.165, 1.54) is 11.6 Å². The minimum atomic E-state index is 0.0127. The number of rotatable bonds is 4. The molecule has 1 fully saturated rings. The van der Waals surface area contributed by atoms with Crippen LogP contribution in [0.2, 0.25) is 0 Å². The number of hydrogen-bond donors (Lipinski definition) is 1. The molecule has 1 unspecified atom stereocenters. The normalized spacial score (nSPS) is 17.1. The van der Waals surface area contributed by atoms with Crippen LogP contribution in [0.4, 0.5) is 5.69 Å². The molecule has 0 radical (unpaired) electrons. The summed E-state index contributed by atoms with van der Waals surface area (Å²) in [6, 6.07) is 12.8. The second kappa shape index (κ2) is 7.27. The van der Waals surface area contributed by atoms with E-state index in [1.807, 2.05) is 35.5 Å². The summed E-state index contributed by atoms with van der Waals surface area (Å²) in [6.45, 7) is 5.14. The maximum Gasteiger partial charge on any atom is 0.246 e. The van der Waals surface area contributed by atoms with E-state index in [4.69, 9.17) is 0 Å². The summed E-state index contributed by atoms with van der Waals surface area (Å²) in [6.07, 6.45) is 7.39. The number of benzene rings is 1. The predicted octanol–water partition coefficient (Wildman–Crippen LogP) is 3.84. The number of hydrogen-bond acceptors (Lipinski definition) is 3. The number of amides is 1. The maximum absolute atomic E-state index is 12.0. The molecule has 4 rings (SSSR count). The molecule has 1 aliphatic rings. The van der Waals surface area contributed by atoms with Gasteiger partial charge in [-0.15, -0.1) is 0 Å². The zero-order valence-electron chi connectivity index (χ0n) is 15.6. The van der Waals surface area contributed by atoms with Gasteiger partial charge in [0, 0.05) is 43.3 Å². The predicted molar refractivity (Wildman–Crippen MR) is 110 cm³/mol. The van der Waals surface area contributed by atoms with Crippen LogP contribution in [0.5, 0.6) is 0 Å². The molecule has 5 nitrogen and oxygen atoms in total. The van der Waals surface area contributed by atoms with Crippen molar-refractivity contribution in [3.63, 3.8) is 0 Å². The Labute approximate surface area is 159 Å². The first kappa shape index (κ1) is 17.3. The average molecular weight is 360 g/mol. The fourth-order valence-electron chi connectivity index (χ4n) is 3.85. The maximum atomic E-state index is 12.0. The lowest BCUT2D eigenvalue weighted by molar-refractivity contribution is -0.127. The second-order valence-electron chi connectivity index (χ2n) is 7.05. The van der Waals surface area contributed by atoms with Crippen LogP contribution in [-0.2, 0) is 4.79 Å². The zero-order chi connectivity index (χ0) is 18.8. The number of carbonyl (C=O) groups excluding carboxylic acids is 1. The molecule has 1 aliphatic heterocycles. The van der Waals surface area contributed by atoms with Crippen molar-refractivity contribution in [2.24, 2.45) is 0 Å². The van der Waals surface area contributed by atoms with E-state index in [2.05, 4.69) is 46.7 Å². The Hall–Kier alpha value is -3.08. The first-order chi connectivity index (χ1) is 13.2. The van der Waals surface area contributed by atoms with Gasteiger partial charge in [0.05, 0.1) is 11.9 Å². The van der Waals surface area contributed by atoms with E-state index in [0.717, 1.165) is 48.2 Å². The van der Waals surface area contributed by atoms with Gasteiger partial charge in [0.25, 0.3) is 0 Å². The molecule has 27 heavy (non-hydrogen) atoms. The Balaban J connectivity index is 1.63. The number of aromatic amines is 1. The number of likely N-dealkylation sites (tertiary alicyclic amines) is 1. The van der Waals surface area contributed by atoms with Gasteiger partial charge in [0.2, 0.25) is 5.91 Å². The average Bonchev–Trinajstić information content (AvgIpc) is 3.16. The lowest BCUT2D eigenvalue weighted by atomic mass is 10.0. The van der Waals surface area contributed by atoms with Crippen LogP contribution in [0.1, 0.15) is 12.8 Å². The number of fused-ring (bicyclic) bond motifs is 1. The Kier molecular flexibility index (Phi) is 4.67.